The molecule has 0 radical (unpaired) electrons. The fourth-order valence-corrected chi connectivity index (χ4v) is 3.52. The van der Waals surface area contributed by atoms with Gasteiger partial charge in [0, 0.05) is 39.2 Å². The summed E-state index contributed by atoms with van der Waals surface area (Å²) < 4.78 is 12.1. The van der Waals surface area contributed by atoms with Crippen LogP contribution in [-0.4, -0.2) is 28.2 Å². The Labute approximate surface area is 124 Å². The Morgan fingerprint density at radius 2 is 2.20 bits per heavy atom. The third-order valence-electron chi connectivity index (χ3n) is 2.98. The maximum Gasteiger partial charge on any atom is 0.261 e. The fraction of sp³-hybridized carbons (Fsp3) is 0.357. The normalized spacial score (nSPS) is 14.1. The van der Waals surface area contributed by atoms with Crippen LogP contribution < -0.4 is 11.1 Å². The lowest BCUT2D eigenvalue weighted by Gasteiger charge is -2.11. The summed E-state index contributed by atoms with van der Waals surface area (Å²) in [6.45, 7) is 1.93. The molecule has 4 nitrogen and oxygen atoms in total. The molecule has 0 aliphatic heterocycles. The molecule has 2 aromatic rings. The topological polar surface area (TPSA) is 72.2 Å². The summed E-state index contributed by atoms with van der Waals surface area (Å²) in [7, 11) is -0.823. The summed E-state index contributed by atoms with van der Waals surface area (Å²) in [5.41, 5.74) is 6.43. The molecule has 1 heterocycles. The van der Waals surface area contributed by atoms with Gasteiger partial charge >= 0.3 is 0 Å². The molecular weight excluding hydrogens is 292 g/mol. The van der Waals surface area contributed by atoms with Crippen LogP contribution in [0.5, 0.6) is 0 Å². The highest BCUT2D eigenvalue weighted by Gasteiger charge is 2.13. The number of thiophene rings is 1. The van der Waals surface area contributed by atoms with Crippen molar-refractivity contribution >= 4 is 43.8 Å². The highest BCUT2D eigenvalue weighted by Crippen LogP contribution is 2.27. The zero-order valence-corrected chi connectivity index (χ0v) is 13.1. The van der Waals surface area contributed by atoms with Gasteiger partial charge in [0.2, 0.25) is 0 Å². The number of nitrogens with two attached hydrogens (primary N) is 1. The number of carbonyl (C=O) groups is 1. The number of amides is 1. The number of nitrogen functional groups attached to an aromatic ring is 1. The van der Waals surface area contributed by atoms with Gasteiger partial charge in [-0.05, 0) is 43.0 Å². The van der Waals surface area contributed by atoms with Crippen LogP contribution in [0.3, 0.4) is 0 Å². The van der Waals surface area contributed by atoms with Crippen LogP contribution in [0.15, 0.2) is 24.3 Å². The number of rotatable bonds is 5. The van der Waals surface area contributed by atoms with Crippen LogP contribution in [0.4, 0.5) is 5.69 Å². The van der Waals surface area contributed by atoms with Crippen molar-refractivity contribution in [1.29, 1.82) is 0 Å². The van der Waals surface area contributed by atoms with Crippen LogP contribution >= 0.6 is 11.3 Å². The largest absolute Gasteiger partial charge is 0.399 e. The number of hydrogen-bond donors (Lipinski definition) is 2. The first kappa shape index (κ1) is 15.0. The first-order valence-electron chi connectivity index (χ1n) is 6.35. The first-order valence-corrected chi connectivity index (χ1v) is 8.90. The van der Waals surface area contributed by atoms with Gasteiger partial charge in [-0.3, -0.25) is 9.00 Å². The number of benzene rings is 1. The smallest absolute Gasteiger partial charge is 0.261 e. The summed E-state index contributed by atoms with van der Waals surface area (Å²) in [6, 6.07) is 7.50. The summed E-state index contributed by atoms with van der Waals surface area (Å²) in [4.78, 5) is 12.8. The molecule has 1 aromatic heterocycles. The first-order chi connectivity index (χ1) is 9.45. The molecule has 0 fully saturated rings. The quantitative estimate of drug-likeness (QED) is 0.833. The molecule has 0 saturated carbocycles. The van der Waals surface area contributed by atoms with Crippen molar-refractivity contribution in [3.8, 4) is 0 Å². The highest BCUT2D eigenvalue weighted by atomic mass is 32.2. The average molecular weight is 310 g/mol. The molecule has 6 heteroatoms. The number of carbonyl (C=O) groups excluding carboxylic acids is 1. The number of anilines is 1. The molecule has 0 aliphatic rings. The van der Waals surface area contributed by atoms with Crippen LogP contribution in [0, 0.1) is 0 Å². The second kappa shape index (κ2) is 6.37. The van der Waals surface area contributed by atoms with Crippen molar-refractivity contribution < 1.29 is 9.00 Å². The van der Waals surface area contributed by atoms with Crippen LogP contribution in [-0.2, 0) is 10.8 Å². The SMILES string of the molecule is CC(CCS(C)=O)NC(=O)c1cc2cc(N)ccc2s1. The molecule has 2 rings (SSSR count). The molecule has 20 heavy (non-hydrogen) atoms. The van der Waals surface area contributed by atoms with Gasteiger partial charge in [0.05, 0.1) is 4.88 Å². The number of fused-ring (bicyclic) bond motifs is 1. The molecular formula is C14H18N2O2S2. The van der Waals surface area contributed by atoms with Crippen molar-refractivity contribution in [2.75, 3.05) is 17.7 Å². The van der Waals surface area contributed by atoms with E-state index in [0.29, 0.717) is 22.7 Å². The molecule has 0 bridgehead atoms. The van der Waals surface area contributed by atoms with Crippen molar-refractivity contribution in [3.05, 3.63) is 29.1 Å². The van der Waals surface area contributed by atoms with Crippen molar-refractivity contribution in [3.63, 3.8) is 0 Å². The molecule has 2 unspecified atom stereocenters. The minimum absolute atomic E-state index is 0.0154. The fourth-order valence-electron chi connectivity index (χ4n) is 1.88. The molecule has 3 N–H and O–H groups in total. The van der Waals surface area contributed by atoms with Gasteiger partial charge in [-0.25, -0.2) is 0 Å². The lowest BCUT2D eigenvalue weighted by molar-refractivity contribution is 0.0943. The lowest BCUT2D eigenvalue weighted by atomic mass is 10.2. The van der Waals surface area contributed by atoms with E-state index in [0.717, 1.165) is 10.1 Å². The molecule has 2 atom stereocenters. The van der Waals surface area contributed by atoms with Crippen molar-refractivity contribution in [2.24, 2.45) is 0 Å². The second-order valence-corrected chi connectivity index (χ2v) is 7.49. The van der Waals surface area contributed by atoms with E-state index in [1.807, 2.05) is 31.2 Å². The van der Waals surface area contributed by atoms with E-state index in [-0.39, 0.29) is 11.9 Å². The predicted octanol–water partition coefficient (Wildman–Crippen LogP) is 2.37. The van der Waals surface area contributed by atoms with Gasteiger partial charge < -0.3 is 11.1 Å². The molecule has 0 aliphatic carbocycles. The van der Waals surface area contributed by atoms with Gasteiger partial charge in [0.25, 0.3) is 5.91 Å². The average Bonchev–Trinajstić information content (AvgIpc) is 2.79. The van der Waals surface area contributed by atoms with Crippen molar-refractivity contribution in [1.82, 2.24) is 5.32 Å². The summed E-state index contributed by atoms with van der Waals surface area (Å²) in [5.74, 6) is 0.517. The Hall–Kier alpha value is -1.40. The van der Waals surface area contributed by atoms with Gasteiger partial charge in [0.1, 0.15) is 0 Å². The third kappa shape index (κ3) is 3.80. The van der Waals surface area contributed by atoms with E-state index in [1.165, 1.54) is 11.3 Å². The minimum atomic E-state index is -0.823. The van der Waals surface area contributed by atoms with Crippen LogP contribution in [0.1, 0.15) is 23.0 Å². The van der Waals surface area contributed by atoms with E-state index in [9.17, 15) is 9.00 Å². The van der Waals surface area contributed by atoms with Gasteiger partial charge in [0.15, 0.2) is 0 Å². The zero-order valence-electron chi connectivity index (χ0n) is 11.5. The Morgan fingerprint density at radius 1 is 1.45 bits per heavy atom. The molecule has 1 amide bonds. The lowest BCUT2D eigenvalue weighted by Crippen LogP contribution is -2.33. The zero-order chi connectivity index (χ0) is 14.7. The molecule has 1 aromatic carbocycles. The molecule has 108 valence electrons. The molecule has 0 spiro atoms. The van der Waals surface area contributed by atoms with Gasteiger partial charge in [-0.15, -0.1) is 11.3 Å². The van der Waals surface area contributed by atoms with Gasteiger partial charge in [-0.1, -0.05) is 0 Å². The Balaban J connectivity index is 2.05. The summed E-state index contributed by atoms with van der Waals surface area (Å²) >= 11 is 1.45. The Bertz CT molecular complexity index is 652. The summed E-state index contributed by atoms with van der Waals surface area (Å²) in [5, 5.41) is 3.92. The van der Waals surface area contributed by atoms with Crippen LogP contribution in [0.2, 0.25) is 0 Å². The van der Waals surface area contributed by atoms with Gasteiger partial charge in [-0.2, -0.15) is 0 Å². The van der Waals surface area contributed by atoms with Crippen LogP contribution in [0.25, 0.3) is 10.1 Å². The van der Waals surface area contributed by atoms with E-state index in [2.05, 4.69) is 5.32 Å². The molecule has 0 saturated heterocycles. The Morgan fingerprint density at radius 3 is 2.90 bits per heavy atom. The summed E-state index contributed by atoms with van der Waals surface area (Å²) in [6.07, 6.45) is 2.39. The number of hydrogen-bond acceptors (Lipinski definition) is 4. The maximum atomic E-state index is 12.1. The second-order valence-electron chi connectivity index (χ2n) is 4.85. The third-order valence-corrected chi connectivity index (χ3v) is 4.91. The Kier molecular flexibility index (Phi) is 4.77. The van der Waals surface area contributed by atoms with E-state index >= 15 is 0 Å². The van der Waals surface area contributed by atoms with E-state index in [4.69, 9.17) is 5.73 Å². The number of nitrogens with one attached hydrogen (secondary N) is 1. The predicted molar refractivity (Wildman–Crippen MR) is 86.7 cm³/mol. The maximum absolute atomic E-state index is 12.1. The van der Waals surface area contributed by atoms with E-state index in [1.54, 1.807) is 6.26 Å². The monoisotopic (exact) mass is 310 g/mol. The standard InChI is InChI=1S/C14H18N2O2S2/c1-9(5-6-20(2)18)16-14(17)13-8-10-7-11(15)3-4-12(10)19-13/h3-4,7-9H,5-6,15H2,1-2H3,(H,16,17). The van der Waals surface area contributed by atoms with Crippen molar-refractivity contribution in [2.45, 2.75) is 19.4 Å². The van der Waals surface area contributed by atoms with E-state index < -0.39 is 10.8 Å². The highest BCUT2D eigenvalue weighted by molar-refractivity contribution is 7.84. The minimum Gasteiger partial charge on any atom is -0.399 e.